The summed E-state index contributed by atoms with van der Waals surface area (Å²) in [6.07, 6.45) is 0. The molecule has 94 valence electrons. The van der Waals surface area contributed by atoms with Gasteiger partial charge in [-0.05, 0) is 26.0 Å². The average molecular weight is 258 g/mol. The molecule has 1 heterocycles. The molecule has 0 bridgehead atoms. The maximum Gasteiger partial charge on any atom is 0.323 e. The molecular formula is C10H14N2O4S. The van der Waals surface area contributed by atoms with Crippen LogP contribution in [0.4, 0.5) is 0 Å². The Hall–Kier alpha value is -1.47. The molecule has 0 aliphatic rings. The lowest BCUT2D eigenvalue weighted by Gasteiger charge is -2.09. The predicted octanol–water partition coefficient (Wildman–Crippen LogP) is 0.283. The van der Waals surface area contributed by atoms with Gasteiger partial charge in [-0.3, -0.25) is 9.78 Å². The normalized spacial score (nSPS) is 13.3. The smallest absolute Gasteiger partial charge is 0.323 e. The number of aryl methyl sites for hydroxylation is 1. The van der Waals surface area contributed by atoms with Crippen molar-refractivity contribution in [3.05, 3.63) is 29.6 Å². The SMILES string of the molecule is Cc1cccc(CNS(=O)(=O)C(C)C(=O)O)n1. The highest BCUT2D eigenvalue weighted by molar-refractivity contribution is 7.90. The van der Waals surface area contributed by atoms with Crippen molar-refractivity contribution in [2.45, 2.75) is 25.6 Å². The second kappa shape index (κ2) is 5.24. The molecule has 1 rings (SSSR count). The first-order chi connectivity index (χ1) is 7.83. The molecule has 7 heteroatoms. The van der Waals surface area contributed by atoms with Crippen molar-refractivity contribution < 1.29 is 18.3 Å². The molecule has 0 saturated carbocycles. The number of nitrogens with one attached hydrogen (secondary N) is 1. The number of sulfonamides is 1. The quantitative estimate of drug-likeness (QED) is 0.791. The van der Waals surface area contributed by atoms with E-state index in [2.05, 4.69) is 9.71 Å². The lowest BCUT2D eigenvalue weighted by atomic mass is 10.3. The van der Waals surface area contributed by atoms with E-state index in [0.29, 0.717) is 5.69 Å². The van der Waals surface area contributed by atoms with Gasteiger partial charge >= 0.3 is 5.97 Å². The summed E-state index contributed by atoms with van der Waals surface area (Å²) in [5.74, 6) is -1.38. The molecule has 0 spiro atoms. The molecule has 2 N–H and O–H groups in total. The van der Waals surface area contributed by atoms with Gasteiger partial charge in [-0.2, -0.15) is 0 Å². The maximum atomic E-state index is 11.5. The third-order valence-corrected chi connectivity index (χ3v) is 3.89. The number of aliphatic carboxylic acids is 1. The van der Waals surface area contributed by atoms with Gasteiger partial charge in [-0.15, -0.1) is 0 Å². The molecule has 0 amide bonds. The topological polar surface area (TPSA) is 96.4 Å². The highest BCUT2D eigenvalue weighted by atomic mass is 32.2. The predicted molar refractivity (Wildman–Crippen MR) is 61.8 cm³/mol. The molecule has 1 unspecified atom stereocenters. The van der Waals surface area contributed by atoms with Gasteiger partial charge in [0.15, 0.2) is 5.25 Å². The fourth-order valence-electron chi connectivity index (χ4n) is 1.13. The van der Waals surface area contributed by atoms with E-state index >= 15 is 0 Å². The number of carboxylic acid groups (broad SMARTS) is 1. The van der Waals surface area contributed by atoms with Crippen LogP contribution in [0.1, 0.15) is 18.3 Å². The molecule has 1 atom stereocenters. The second-order valence-corrected chi connectivity index (χ2v) is 5.70. The van der Waals surface area contributed by atoms with E-state index < -0.39 is 21.2 Å². The molecule has 6 nitrogen and oxygen atoms in total. The zero-order chi connectivity index (χ0) is 13.1. The van der Waals surface area contributed by atoms with Gasteiger partial charge in [0.2, 0.25) is 10.0 Å². The van der Waals surface area contributed by atoms with Crippen LogP contribution in [0, 0.1) is 6.92 Å². The van der Waals surface area contributed by atoms with Crippen molar-refractivity contribution in [3.8, 4) is 0 Å². The van der Waals surface area contributed by atoms with Crippen molar-refractivity contribution in [3.63, 3.8) is 0 Å². The van der Waals surface area contributed by atoms with Crippen molar-refractivity contribution in [1.29, 1.82) is 0 Å². The van der Waals surface area contributed by atoms with Crippen LogP contribution in [-0.2, 0) is 21.4 Å². The summed E-state index contributed by atoms with van der Waals surface area (Å²) in [6.45, 7) is 2.90. The number of hydrogen-bond acceptors (Lipinski definition) is 4. The molecule has 0 radical (unpaired) electrons. The van der Waals surface area contributed by atoms with Crippen LogP contribution in [0.25, 0.3) is 0 Å². The number of carbonyl (C=O) groups is 1. The molecule has 0 aromatic carbocycles. The van der Waals surface area contributed by atoms with Crippen LogP contribution in [-0.4, -0.2) is 29.7 Å². The molecular weight excluding hydrogens is 244 g/mol. The van der Waals surface area contributed by atoms with Gasteiger partial charge in [-0.1, -0.05) is 6.07 Å². The van der Waals surface area contributed by atoms with Crippen LogP contribution >= 0.6 is 0 Å². The zero-order valence-corrected chi connectivity index (χ0v) is 10.4. The molecule has 17 heavy (non-hydrogen) atoms. The van der Waals surface area contributed by atoms with Gasteiger partial charge in [-0.25, -0.2) is 13.1 Å². The van der Waals surface area contributed by atoms with Crippen molar-refractivity contribution in [2.75, 3.05) is 0 Å². The number of rotatable bonds is 5. The van der Waals surface area contributed by atoms with E-state index in [9.17, 15) is 13.2 Å². The summed E-state index contributed by atoms with van der Waals surface area (Å²) in [4.78, 5) is 14.7. The van der Waals surface area contributed by atoms with Gasteiger partial charge in [0.1, 0.15) is 0 Å². The fraction of sp³-hybridized carbons (Fsp3) is 0.400. The van der Waals surface area contributed by atoms with Crippen LogP contribution in [0.2, 0.25) is 0 Å². The second-order valence-electron chi connectivity index (χ2n) is 3.62. The van der Waals surface area contributed by atoms with Gasteiger partial charge in [0, 0.05) is 5.69 Å². The summed E-state index contributed by atoms with van der Waals surface area (Å²) in [6, 6.07) is 5.21. The van der Waals surface area contributed by atoms with E-state index in [1.807, 2.05) is 0 Å². The van der Waals surface area contributed by atoms with Crippen LogP contribution in [0.5, 0.6) is 0 Å². The standard InChI is InChI=1S/C10H14N2O4S/c1-7-4-3-5-9(12-7)6-11-17(15,16)8(2)10(13)14/h3-5,8,11H,6H2,1-2H3,(H,13,14). The summed E-state index contributed by atoms with van der Waals surface area (Å²) >= 11 is 0. The number of hydrogen-bond donors (Lipinski definition) is 2. The summed E-state index contributed by atoms with van der Waals surface area (Å²) in [5.41, 5.74) is 1.32. The number of nitrogens with zero attached hydrogens (tertiary/aromatic N) is 1. The molecule has 1 aromatic heterocycles. The first kappa shape index (κ1) is 13.6. The largest absolute Gasteiger partial charge is 0.480 e. The Bertz CT molecular complexity index is 513. The minimum atomic E-state index is -3.86. The minimum absolute atomic E-state index is 0.0123. The average Bonchev–Trinajstić information content (AvgIpc) is 2.25. The van der Waals surface area contributed by atoms with E-state index in [1.54, 1.807) is 25.1 Å². The Morgan fingerprint density at radius 3 is 2.71 bits per heavy atom. The Labute approximate surface area is 99.7 Å². The number of aromatic nitrogens is 1. The fourth-order valence-corrected chi connectivity index (χ4v) is 1.99. The van der Waals surface area contributed by atoms with Crippen LogP contribution < -0.4 is 4.72 Å². The van der Waals surface area contributed by atoms with Crippen molar-refractivity contribution in [1.82, 2.24) is 9.71 Å². The van der Waals surface area contributed by atoms with E-state index in [-0.39, 0.29) is 6.54 Å². The number of carboxylic acids is 1. The minimum Gasteiger partial charge on any atom is -0.480 e. The molecule has 0 fully saturated rings. The summed E-state index contributed by atoms with van der Waals surface area (Å²) in [5, 5.41) is 7.14. The summed E-state index contributed by atoms with van der Waals surface area (Å²) in [7, 11) is -3.86. The first-order valence-corrected chi connectivity index (χ1v) is 6.51. The Morgan fingerprint density at radius 1 is 1.53 bits per heavy atom. The molecule has 1 aromatic rings. The van der Waals surface area contributed by atoms with Gasteiger partial charge < -0.3 is 5.11 Å². The molecule has 0 saturated heterocycles. The van der Waals surface area contributed by atoms with Gasteiger partial charge in [0.05, 0.1) is 12.2 Å². The summed E-state index contributed by atoms with van der Waals surface area (Å²) < 4.78 is 25.2. The monoisotopic (exact) mass is 258 g/mol. The van der Waals surface area contributed by atoms with E-state index in [1.165, 1.54) is 0 Å². The third kappa shape index (κ3) is 3.79. The zero-order valence-electron chi connectivity index (χ0n) is 9.54. The number of pyridine rings is 1. The van der Waals surface area contributed by atoms with Gasteiger partial charge in [0.25, 0.3) is 0 Å². The molecule has 0 aliphatic heterocycles. The Balaban J connectivity index is 2.71. The Morgan fingerprint density at radius 2 is 2.18 bits per heavy atom. The van der Waals surface area contributed by atoms with Crippen LogP contribution in [0.15, 0.2) is 18.2 Å². The lowest BCUT2D eigenvalue weighted by Crippen LogP contribution is -2.37. The van der Waals surface area contributed by atoms with E-state index in [0.717, 1.165) is 12.6 Å². The van der Waals surface area contributed by atoms with E-state index in [4.69, 9.17) is 5.11 Å². The Kier molecular flexibility index (Phi) is 4.19. The first-order valence-electron chi connectivity index (χ1n) is 4.97. The van der Waals surface area contributed by atoms with Crippen LogP contribution in [0.3, 0.4) is 0 Å². The molecule has 0 aliphatic carbocycles. The third-order valence-electron chi connectivity index (χ3n) is 2.21. The van der Waals surface area contributed by atoms with Crippen molar-refractivity contribution >= 4 is 16.0 Å². The lowest BCUT2D eigenvalue weighted by molar-refractivity contribution is -0.136. The van der Waals surface area contributed by atoms with Crippen molar-refractivity contribution in [2.24, 2.45) is 0 Å². The highest BCUT2D eigenvalue weighted by Crippen LogP contribution is 2.02. The highest BCUT2D eigenvalue weighted by Gasteiger charge is 2.27. The maximum absolute atomic E-state index is 11.5.